The van der Waals surface area contributed by atoms with E-state index < -0.39 is 41.0 Å². The minimum Gasteiger partial charge on any atom is -0.452 e. The second-order valence-corrected chi connectivity index (χ2v) is 10.7. The van der Waals surface area contributed by atoms with E-state index in [2.05, 4.69) is 0 Å². The molecule has 0 fully saturated rings. The molecule has 47 heavy (non-hydrogen) atoms. The van der Waals surface area contributed by atoms with Crippen LogP contribution in [0, 0.1) is 0 Å². The van der Waals surface area contributed by atoms with Crippen LogP contribution in [0.2, 0.25) is 0 Å². The summed E-state index contributed by atoms with van der Waals surface area (Å²) in [6, 6.07) is 6.62. The largest absolute Gasteiger partial charge is 0.452 e. The van der Waals surface area contributed by atoms with Crippen molar-refractivity contribution in [1.29, 1.82) is 0 Å². The summed E-state index contributed by atoms with van der Waals surface area (Å²) in [4.78, 5) is 76.5. The Hall–Kier alpha value is -5.00. The summed E-state index contributed by atoms with van der Waals surface area (Å²) < 4.78 is 33.6. The fraction of sp³-hybridized carbons (Fsp3) is 0.429. The lowest BCUT2D eigenvalue weighted by Crippen LogP contribution is -2.17. The zero-order chi connectivity index (χ0) is 34.5. The number of rotatable bonds is 16. The molecule has 0 aliphatic rings. The lowest BCUT2D eigenvalue weighted by molar-refractivity contribution is -0.137. The number of fused-ring (bicyclic) bond motifs is 1. The molecule has 0 spiro atoms. The maximum atomic E-state index is 14.1. The molecule has 252 valence electrons. The van der Waals surface area contributed by atoms with Gasteiger partial charge in [-0.25, -0.2) is 0 Å². The van der Waals surface area contributed by atoms with Crippen molar-refractivity contribution < 1.29 is 52.1 Å². The van der Waals surface area contributed by atoms with Crippen LogP contribution in [-0.4, -0.2) is 29.8 Å². The van der Waals surface area contributed by atoms with Crippen LogP contribution in [0.15, 0.2) is 39.5 Å². The SMILES string of the molecule is CCCC(=O)Oc1cc(OC(=O)CCC)c2c(=O)c(OC(=O)CCC)c(-c3ccc(OC(=O)CCC)c(OC(=O)CCC)c3)oc2c1. The van der Waals surface area contributed by atoms with Crippen molar-refractivity contribution in [3.8, 4) is 40.1 Å². The standard InChI is InChI=1S/C35H40O12/c1-6-11-27(36)42-22-19-25(45-30(39)14-9-4)32-26(20-22)46-34(35(33(32)41)47-31(40)15-10-5)21-16-17-23(43-28(37)12-7-2)24(18-21)44-29(38)13-8-3/h16-20H,6-15H2,1-5H3. The van der Waals surface area contributed by atoms with Crippen molar-refractivity contribution in [3.63, 3.8) is 0 Å². The molecule has 0 saturated heterocycles. The first kappa shape index (κ1) is 36.5. The van der Waals surface area contributed by atoms with Gasteiger partial charge in [-0.3, -0.25) is 28.8 Å². The molecule has 0 N–H and O–H groups in total. The van der Waals surface area contributed by atoms with E-state index in [-0.39, 0.29) is 77.4 Å². The molecule has 0 atom stereocenters. The number of carbonyl (C=O) groups excluding carboxylic acids is 5. The average molecular weight is 653 g/mol. The molecule has 0 aliphatic carbocycles. The highest BCUT2D eigenvalue weighted by molar-refractivity contribution is 5.92. The topological polar surface area (TPSA) is 162 Å². The minimum atomic E-state index is -0.848. The van der Waals surface area contributed by atoms with Crippen LogP contribution in [-0.2, 0) is 24.0 Å². The fourth-order valence-electron chi connectivity index (χ4n) is 4.37. The zero-order valence-corrected chi connectivity index (χ0v) is 27.4. The van der Waals surface area contributed by atoms with E-state index >= 15 is 0 Å². The van der Waals surface area contributed by atoms with Crippen LogP contribution in [0.5, 0.6) is 28.7 Å². The molecule has 0 amide bonds. The second kappa shape index (κ2) is 17.6. The number of carbonyl (C=O) groups is 5. The predicted molar refractivity (Wildman–Crippen MR) is 171 cm³/mol. The van der Waals surface area contributed by atoms with Crippen LogP contribution < -0.4 is 29.1 Å². The molecule has 1 aromatic heterocycles. The number of hydrogen-bond donors (Lipinski definition) is 0. The zero-order valence-electron chi connectivity index (χ0n) is 27.4. The van der Waals surface area contributed by atoms with Gasteiger partial charge in [0.1, 0.15) is 22.5 Å². The number of esters is 5. The maximum absolute atomic E-state index is 14.1. The van der Waals surface area contributed by atoms with Gasteiger partial charge in [0.05, 0.1) is 0 Å². The highest BCUT2D eigenvalue weighted by Crippen LogP contribution is 2.40. The van der Waals surface area contributed by atoms with E-state index in [1.807, 2.05) is 6.92 Å². The quantitative estimate of drug-likeness (QED) is 0.115. The van der Waals surface area contributed by atoms with Crippen molar-refractivity contribution in [2.45, 2.75) is 98.8 Å². The van der Waals surface area contributed by atoms with Gasteiger partial charge in [0.15, 0.2) is 17.3 Å². The van der Waals surface area contributed by atoms with Crippen molar-refractivity contribution in [2.24, 2.45) is 0 Å². The Kier molecular flexibility index (Phi) is 13.7. The van der Waals surface area contributed by atoms with E-state index in [0.29, 0.717) is 32.1 Å². The van der Waals surface area contributed by atoms with Crippen molar-refractivity contribution >= 4 is 40.8 Å². The van der Waals surface area contributed by atoms with Crippen molar-refractivity contribution in [2.75, 3.05) is 0 Å². The molecule has 2 aromatic carbocycles. The molecule has 0 radical (unpaired) electrons. The Labute approximate surface area is 272 Å². The Balaban J connectivity index is 2.34. The number of ether oxygens (including phenoxy) is 5. The van der Waals surface area contributed by atoms with Crippen LogP contribution >= 0.6 is 0 Å². The Morgan fingerprint density at radius 3 is 1.55 bits per heavy atom. The van der Waals surface area contributed by atoms with E-state index in [1.54, 1.807) is 27.7 Å². The molecule has 12 nitrogen and oxygen atoms in total. The first-order chi connectivity index (χ1) is 22.5. The van der Waals surface area contributed by atoms with Gasteiger partial charge in [-0.1, -0.05) is 34.6 Å². The molecule has 0 saturated carbocycles. The molecular formula is C35H40O12. The van der Waals surface area contributed by atoms with Crippen LogP contribution in [0.25, 0.3) is 22.3 Å². The summed E-state index contributed by atoms with van der Waals surface area (Å²) in [5, 5.41) is -0.229. The average Bonchev–Trinajstić information content (AvgIpc) is 2.99. The van der Waals surface area contributed by atoms with E-state index in [1.165, 1.54) is 30.3 Å². The summed E-state index contributed by atoms with van der Waals surface area (Å²) in [5.74, 6) is -4.30. The molecule has 0 aliphatic heterocycles. The van der Waals surface area contributed by atoms with E-state index in [9.17, 15) is 28.8 Å². The van der Waals surface area contributed by atoms with Crippen molar-refractivity contribution in [3.05, 3.63) is 40.6 Å². The summed E-state index contributed by atoms with van der Waals surface area (Å²) in [6.07, 6.45) is 2.77. The molecule has 1 heterocycles. The molecule has 3 aromatic rings. The number of benzene rings is 2. The molecule has 0 bridgehead atoms. The summed E-state index contributed by atoms with van der Waals surface area (Å²) in [7, 11) is 0. The number of hydrogen-bond acceptors (Lipinski definition) is 12. The monoisotopic (exact) mass is 652 g/mol. The van der Waals surface area contributed by atoms with Crippen LogP contribution in [0.1, 0.15) is 98.8 Å². The lowest BCUT2D eigenvalue weighted by Gasteiger charge is -2.15. The minimum absolute atomic E-state index is 0.0201. The smallest absolute Gasteiger partial charge is 0.311 e. The first-order valence-electron chi connectivity index (χ1n) is 15.9. The third-order valence-electron chi connectivity index (χ3n) is 6.49. The van der Waals surface area contributed by atoms with Crippen LogP contribution in [0.3, 0.4) is 0 Å². The van der Waals surface area contributed by atoms with E-state index in [4.69, 9.17) is 28.1 Å². The molecule has 12 heteroatoms. The second-order valence-electron chi connectivity index (χ2n) is 10.7. The summed E-state index contributed by atoms with van der Waals surface area (Å²) >= 11 is 0. The van der Waals surface area contributed by atoms with Gasteiger partial charge >= 0.3 is 29.8 Å². The van der Waals surface area contributed by atoms with Gasteiger partial charge in [-0.2, -0.15) is 0 Å². The maximum Gasteiger partial charge on any atom is 0.311 e. The van der Waals surface area contributed by atoms with Crippen LogP contribution in [0.4, 0.5) is 0 Å². The summed E-state index contributed by atoms with van der Waals surface area (Å²) in [5.41, 5.74) is -0.875. The predicted octanol–water partition coefficient (Wildman–Crippen LogP) is 6.99. The Bertz CT molecular complexity index is 1680. The van der Waals surface area contributed by atoms with Crippen molar-refractivity contribution in [1.82, 2.24) is 0 Å². The lowest BCUT2D eigenvalue weighted by atomic mass is 10.1. The van der Waals surface area contributed by atoms with E-state index in [0.717, 1.165) is 0 Å². The Morgan fingerprint density at radius 1 is 0.553 bits per heavy atom. The third-order valence-corrected chi connectivity index (χ3v) is 6.49. The van der Waals surface area contributed by atoms with Gasteiger partial charge in [0, 0.05) is 49.8 Å². The Morgan fingerprint density at radius 2 is 1.02 bits per heavy atom. The van der Waals surface area contributed by atoms with Gasteiger partial charge in [-0.05, 0) is 50.3 Å². The van der Waals surface area contributed by atoms with Gasteiger partial charge in [-0.15, -0.1) is 0 Å². The first-order valence-corrected chi connectivity index (χ1v) is 15.9. The normalized spacial score (nSPS) is 10.7. The fourth-order valence-corrected chi connectivity index (χ4v) is 4.37. The van der Waals surface area contributed by atoms with Gasteiger partial charge < -0.3 is 28.1 Å². The highest BCUT2D eigenvalue weighted by atomic mass is 16.6. The molecular weight excluding hydrogens is 612 g/mol. The third kappa shape index (κ3) is 9.99. The van der Waals surface area contributed by atoms with Gasteiger partial charge in [0.2, 0.25) is 11.2 Å². The molecule has 0 unspecified atom stereocenters. The highest BCUT2D eigenvalue weighted by Gasteiger charge is 2.26. The summed E-state index contributed by atoms with van der Waals surface area (Å²) in [6.45, 7) is 8.94. The van der Waals surface area contributed by atoms with Gasteiger partial charge in [0.25, 0.3) is 0 Å². The molecule has 3 rings (SSSR count).